The first-order valence-electron chi connectivity index (χ1n) is 6.67. The van der Waals surface area contributed by atoms with Crippen LogP contribution in [0, 0.1) is 5.92 Å². The van der Waals surface area contributed by atoms with Gasteiger partial charge in [-0.2, -0.15) is 0 Å². The maximum atomic E-state index is 11.9. The van der Waals surface area contributed by atoms with Crippen LogP contribution in [0.15, 0.2) is 30.3 Å². The van der Waals surface area contributed by atoms with Crippen molar-refractivity contribution in [1.29, 1.82) is 0 Å². The minimum atomic E-state index is -0.0573. The highest BCUT2D eigenvalue weighted by molar-refractivity contribution is 5.76. The van der Waals surface area contributed by atoms with Crippen molar-refractivity contribution < 1.29 is 9.53 Å². The number of methoxy groups -OCH3 is 1. The fourth-order valence-corrected chi connectivity index (χ4v) is 3.55. The molecule has 96 valence electrons. The minimum absolute atomic E-state index is 0.0195. The molecule has 3 rings (SSSR count). The fourth-order valence-electron chi connectivity index (χ4n) is 3.55. The first kappa shape index (κ1) is 11.7. The predicted molar refractivity (Wildman–Crippen MR) is 68.9 cm³/mol. The summed E-state index contributed by atoms with van der Waals surface area (Å²) in [6, 6.07) is 10.9. The molecule has 0 N–H and O–H groups in total. The fraction of sp³-hybridized carbons (Fsp3) is 0.533. The second-order valence-corrected chi connectivity index (χ2v) is 5.35. The van der Waals surface area contributed by atoms with Crippen LogP contribution in [-0.2, 0) is 16.1 Å². The van der Waals surface area contributed by atoms with Gasteiger partial charge in [0.05, 0.1) is 7.11 Å². The number of esters is 1. The zero-order valence-corrected chi connectivity index (χ0v) is 10.7. The van der Waals surface area contributed by atoms with Crippen LogP contribution in [0.3, 0.4) is 0 Å². The molecule has 0 radical (unpaired) electrons. The molecule has 0 spiro atoms. The summed E-state index contributed by atoms with van der Waals surface area (Å²) in [7, 11) is 1.50. The Hall–Kier alpha value is -1.35. The summed E-state index contributed by atoms with van der Waals surface area (Å²) in [5, 5.41) is 0. The lowest BCUT2D eigenvalue weighted by molar-refractivity contribution is -0.149. The van der Waals surface area contributed by atoms with E-state index >= 15 is 0 Å². The molecule has 3 heteroatoms. The third kappa shape index (κ3) is 1.93. The molecule has 1 saturated carbocycles. The number of ether oxygens (including phenoxy) is 1. The van der Waals surface area contributed by atoms with Crippen molar-refractivity contribution >= 4 is 5.97 Å². The van der Waals surface area contributed by atoms with Gasteiger partial charge in [0, 0.05) is 12.6 Å². The zero-order chi connectivity index (χ0) is 12.5. The average Bonchev–Trinajstić information content (AvgIpc) is 3.00. The van der Waals surface area contributed by atoms with E-state index in [4.69, 9.17) is 4.74 Å². The number of hydrogen-bond acceptors (Lipinski definition) is 3. The normalized spacial score (nSPS) is 30.6. The monoisotopic (exact) mass is 245 g/mol. The quantitative estimate of drug-likeness (QED) is 0.765. The molecule has 3 atom stereocenters. The van der Waals surface area contributed by atoms with E-state index in [0.717, 1.165) is 13.0 Å². The number of rotatable bonds is 3. The Kier molecular flexibility index (Phi) is 3.08. The van der Waals surface area contributed by atoms with Gasteiger partial charge < -0.3 is 4.74 Å². The zero-order valence-electron chi connectivity index (χ0n) is 10.7. The van der Waals surface area contributed by atoms with Crippen molar-refractivity contribution in [3.63, 3.8) is 0 Å². The van der Waals surface area contributed by atoms with Crippen molar-refractivity contribution in [1.82, 2.24) is 4.90 Å². The van der Waals surface area contributed by atoms with Crippen molar-refractivity contribution in [3.8, 4) is 0 Å². The molecular formula is C15H19NO2. The van der Waals surface area contributed by atoms with Gasteiger partial charge in [0.2, 0.25) is 0 Å². The topological polar surface area (TPSA) is 29.5 Å². The lowest BCUT2D eigenvalue weighted by Crippen LogP contribution is -2.45. The highest BCUT2D eigenvalue weighted by atomic mass is 16.5. The van der Waals surface area contributed by atoms with Crippen LogP contribution < -0.4 is 0 Å². The van der Waals surface area contributed by atoms with Crippen LogP contribution in [0.5, 0.6) is 0 Å². The van der Waals surface area contributed by atoms with Gasteiger partial charge in [-0.3, -0.25) is 9.69 Å². The highest BCUT2D eigenvalue weighted by Crippen LogP contribution is 2.43. The van der Waals surface area contributed by atoms with E-state index in [0.29, 0.717) is 12.0 Å². The van der Waals surface area contributed by atoms with E-state index in [1.165, 1.54) is 25.5 Å². The van der Waals surface area contributed by atoms with Crippen LogP contribution in [-0.4, -0.2) is 30.1 Å². The average molecular weight is 245 g/mol. The predicted octanol–water partition coefficient (Wildman–Crippen LogP) is 2.21. The summed E-state index contributed by atoms with van der Waals surface area (Å²) in [6.45, 7) is 0.863. The molecule has 0 aromatic heterocycles. The molecule has 1 aliphatic carbocycles. The SMILES string of the molecule is COC(=O)[C@@H]1[C@H]2CC[C@H](C2)N1Cc1ccccc1. The molecule has 1 heterocycles. The third-order valence-electron chi connectivity index (χ3n) is 4.37. The van der Waals surface area contributed by atoms with E-state index in [-0.39, 0.29) is 12.0 Å². The molecule has 3 nitrogen and oxygen atoms in total. The number of piperidine rings is 1. The van der Waals surface area contributed by atoms with Crippen LogP contribution in [0.4, 0.5) is 0 Å². The van der Waals surface area contributed by atoms with Crippen molar-refractivity contribution in [2.75, 3.05) is 7.11 Å². The summed E-state index contributed by atoms with van der Waals surface area (Å²) in [4.78, 5) is 14.3. The molecule has 1 aromatic rings. The number of fused-ring (bicyclic) bond motifs is 2. The molecule has 1 aliphatic heterocycles. The van der Waals surface area contributed by atoms with Crippen LogP contribution in [0.25, 0.3) is 0 Å². The Bertz CT molecular complexity index is 431. The third-order valence-corrected chi connectivity index (χ3v) is 4.37. The first-order chi connectivity index (χ1) is 8.79. The van der Waals surface area contributed by atoms with Gasteiger partial charge in [-0.1, -0.05) is 30.3 Å². The number of carbonyl (C=O) groups is 1. The van der Waals surface area contributed by atoms with E-state index in [9.17, 15) is 4.79 Å². The Morgan fingerprint density at radius 1 is 1.33 bits per heavy atom. The number of nitrogens with zero attached hydrogens (tertiary/aromatic N) is 1. The molecular weight excluding hydrogens is 226 g/mol. The number of likely N-dealkylation sites (tertiary alicyclic amines) is 1. The molecule has 0 unspecified atom stereocenters. The van der Waals surface area contributed by atoms with Crippen LogP contribution in [0.1, 0.15) is 24.8 Å². The summed E-state index contributed by atoms with van der Waals surface area (Å²) in [5.74, 6) is 0.448. The highest BCUT2D eigenvalue weighted by Gasteiger charge is 2.49. The lowest BCUT2D eigenvalue weighted by Gasteiger charge is -2.33. The first-order valence-corrected chi connectivity index (χ1v) is 6.67. The van der Waals surface area contributed by atoms with Gasteiger partial charge in [-0.25, -0.2) is 0 Å². The molecule has 2 fully saturated rings. The molecule has 2 aliphatic rings. The van der Waals surface area contributed by atoms with Gasteiger partial charge >= 0.3 is 5.97 Å². The smallest absolute Gasteiger partial charge is 0.323 e. The minimum Gasteiger partial charge on any atom is -0.468 e. The molecule has 18 heavy (non-hydrogen) atoms. The number of carbonyl (C=O) groups excluding carboxylic acids is 1. The Balaban J connectivity index is 1.79. The lowest BCUT2D eigenvalue weighted by atomic mass is 9.98. The summed E-state index contributed by atoms with van der Waals surface area (Å²) in [5.41, 5.74) is 1.28. The summed E-state index contributed by atoms with van der Waals surface area (Å²) < 4.78 is 4.97. The standard InChI is InChI=1S/C15H19NO2/c1-18-15(17)14-12-7-8-13(9-12)16(14)10-11-5-3-2-4-6-11/h2-6,12-14H,7-10H2,1H3/t12-,13+,14-/m0/s1. The van der Waals surface area contributed by atoms with E-state index in [2.05, 4.69) is 29.2 Å². The largest absolute Gasteiger partial charge is 0.468 e. The molecule has 0 amide bonds. The van der Waals surface area contributed by atoms with E-state index < -0.39 is 0 Å². The van der Waals surface area contributed by atoms with Crippen molar-refractivity contribution in [2.45, 2.75) is 37.9 Å². The van der Waals surface area contributed by atoms with Gasteiger partial charge in [0.25, 0.3) is 0 Å². The summed E-state index contributed by atoms with van der Waals surface area (Å²) >= 11 is 0. The number of benzene rings is 1. The van der Waals surface area contributed by atoms with Gasteiger partial charge in [-0.15, -0.1) is 0 Å². The summed E-state index contributed by atoms with van der Waals surface area (Å²) in [6.07, 6.45) is 3.56. The van der Waals surface area contributed by atoms with Gasteiger partial charge in [0.1, 0.15) is 6.04 Å². The second kappa shape index (κ2) is 4.73. The second-order valence-electron chi connectivity index (χ2n) is 5.35. The molecule has 1 saturated heterocycles. The van der Waals surface area contributed by atoms with E-state index in [1.807, 2.05) is 6.07 Å². The van der Waals surface area contributed by atoms with Crippen molar-refractivity contribution in [2.24, 2.45) is 5.92 Å². The van der Waals surface area contributed by atoms with E-state index in [1.54, 1.807) is 0 Å². The Morgan fingerprint density at radius 3 is 2.83 bits per heavy atom. The van der Waals surface area contributed by atoms with Crippen LogP contribution in [0.2, 0.25) is 0 Å². The van der Waals surface area contributed by atoms with Gasteiger partial charge in [-0.05, 0) is 30.7 Å². The Labute approximate surface area is 108 Å². The Morgan fingerprint density at radius 2 is 2.11 bits per heavy atom. The van der Waals surface area contributed by atoms with Gasteiger partial charge in [0.15, 0.2) is 0 Å². The van der Waals surface area contributed by atoms with Crippen LogP contribution >= 0.6 is 0 Å². The molecule has 1 aromatic carbocycles. The number of hydrogen-bond donors (Lipinski definition) is 0. The van der Waals surface area contributed by atoms with Crippen molar-refractivity contribution in [3.05, 3.63) is 35.9 Å². The maximum Gasteiger partial charge on any atom is 0.323 e. The molecule has 2 bridgehead atoms. The maximum absolute atomic E-state index is 11.9.